The molecular formula is C20H30N4O. The minimum atomic E-state index is 0.307. The summed E-state index contributed by atoms with van der Waals surface area (Å²) in [6, 6.07) is 8.73. The maximum Gasteiger partial charge on any atom is 0.0678 e. The Bertz CT molecular complexity index is 667. The number of benzene rings is 1. The van der Waals surface area contributed by atoms with Gasteiger partial charge < -0.3 is 10.1 Å². The molecule has 2 atom stereocenters. The van der Waals surface area contributed by atoms with E-state index in [0.29, 0.717) is 12.2 Å². The Morgan fingerprint density at radius 2 is 1.80 bits per heavy atom. The highest BCUT2D eigenvalue weighted by molar-refractivity contribution is 5.28. The van der Waals surface area contributed by atoms with E-state index in [2.05, 4.69) is 72.4 Å². The zero-order valence-electron chi connectivity index (χ0n) is 15.8. The van der Waals surface area contributed by atoms with Crippen LogP contribution >= 0.6 is 0 Å². The first kappa shape index (κ1) is 18.1. The maximum absolute atomic E-state index is 5.85. The van der Waals surface area contributed by atoms with Crippen molar-refractivity contribution >= 4 is 0 Å². The standard InChI is InChI=1S/C20H30N4O/c1-14-11-24(12-15(2)25-14)13-19-8-6-5-7-18(19)9-21-10-20-16(3)22-23-17(20)4/h5-8,14-15,21H,9-13H2,1-4H3,(H,22,23)/t14-,15-/m0/s1. The fourth-order valence-electron chi connectivity index (χ4n) is 3.70. The minimum absolute atomic E-state index is 0.307. The third-order valence-electron chi connectivity index (χ3n) is 4.91. The second-order valence-corrected chi connectivity index (χ2v) is 7.24. The van der Waals surface area contributed by atoms with Crippen LogP contribution in [0.4, 0.5) is 0 Å². The van der Waals surface area contributed by atoms with Gasteiger partial charge in [0.05, 0.1) is 17.9 Å². The lowest BCUT2D eigenvalue weighted by Gasteiger charge is -2.35. The Balaban J connectivity index is 1.61. The third-order valence-corrected chi connectivity index (χ3v) is 4.91. The average Bonchev–Trinajstić information content (AvgIpc) is 2.87. The largest absolute Gasteiger partial charge is 0.373 e. The van der Waals surface area contributed by atoms with Gasteiger partial charge in [0.1, 0.15) is 0 Å². The Hall–Kier alpha value is -1.69. The van der Waals surface area contributed by atoms with Crippen molar-refractivity contribution in [3.63, 3.8) is 0 Å². The number of aromatic nitrogens is 2. The van der Waals surface area contributed by atoms with Crippen LogP contribution in [0.25, 0.3) is 0 Å². The van der Waals surface area contributed by atoms with E-state index in [-0.39, 0.29) is 0 Å². The van der Waals surface area contributed by atoms with Crippen molar-refractivity contribution in [2.75, 3.05) is 13.1 Å². The Kier molecular flexibility index (Phi) is 5.89. The number of nitrogens with one attached hydrogen (secondary N) is 2. The lowest BCUT2D eigenvalue weighted by Crippen LogP contribution is -2.45. The molecule has 0 amide bonds. The first-order valence-corrected chi connectivity index (χ1v) is 9.18. The third kappa shape index (κ3) is 4.69. The molecule has 1 saturated heterocycles. The van der Waals surface area contributed by atoms with Crippen molar-refractivity contribution in [1.29, 1.82) is 0 Å². The number of hydrogen-bond acceptors (Lipinski definition) is 4. The van der Waals surface area contributed by atoms with E-state index in [4.69, 9.17) is 4.74 Å². The molecule has 1 aromatic carbocycles. The van der Waals surface area contributed by atoms with Gasteiger partial charge in [-0.15, -0.1) is 0 Å². The summed E-state index contributed by atoms with van der Waals surface area (Å²) in [6.07, 6.45) is 0.613. The van der Waals surface area contributed by atoms with Crippen LogP contribution in [0.3, 0.4) is 0 Å². The van der Waals surface area contributed by atoms with E-state index in [1.165, 1.54) is 16.7 Å². The monoisotopic (exact) mass is 342 g/mol. The van der Waals surface area contributed by atoms with Gasteiger partial charge in [-0.25, -0.2) is 0 Å². The van der Waals surface area contributed by atoms with Gasteiger partial charge in [-0.05, 0) is 38.8 Å². The summed E-state index contributed by atoms with van der Waals surface area (Å²) < 4.78 is 5.85. The topological polar surface area (TPSA) is 53.2 Å². The van der Waals surface area contributed by atoms with Gasteiger partial charge >= 0.3 is 0 Å². The SMILES string of the molecule is Cc1n[nH]c(C)c1CNCc1ccccc1CN1C[C@H](C)O[C@@H](C)C1. The molecule has 0 aliphatic carbocycles. The minimum Gasteiger partial charge on any atom is -0.373 e. The summed E-state index contributed by atoms with van der Waals surface area (Å²) in [5.41, 5.74) is 6.27. The molecule has 0 radical (unpaired) electrons. The molecule has 2 N–H and O–H groups in total. The molecule has 1 fully saturated rings. The van der Waals surface area contributed by atoms with Crippen LogP contribution < -0.4 is 5.32 Å². The molecule has 0 spiro atoms. The molecule has 2 heterocycles. The van der Waals surface area contributed by atoms with Crippen LogP contribution in [0, 0.1) is 13.8 Å². The Morgan fingerprint density at radius 1 is 1.12 bits per heavy atom. The summed E-state index contributed by atoms with van der Waals surface area (Å²) in [7, 11) is 0. The molecule has 5 heteroatoms. The van der Waals surface area contributed by atoms with Crippen molar-refractivity contribution < 1.29 is 4.74 Å². The molecule has 5 nitrogen and oxygen atoms in total. The molecular weight excluding hydrogens is 312 g/mol. The zero-order chi connectivity index (χ0) is 17.8. The van der Waals surface area contributed by atoms with Crippen molar-refractivity contribution in [3.8, 4) is 0 Å². The molecule has 25 heavy (non-hydrogen) atoms. The van der Waals surface area contributed by atoms with Gasteiger partial charge in [0, 0.05) is 44.0 Å². The quantitative estimate of drug-likeness (QED) is 0.847. The number of nitrogens with zero attached hydrogens (tertiary/aromatic N) is 2. The zero-order valence-corrected chi connectivity index (χ0v) is 15.8. The second-order valence-electron chi connectivity index (χ2n) is 7.24. The molecule has 0 bridgehead atoms. The predicted octanol–water partition coefficient (Wildman–Crippen LogP) is 2.93. The highest BCUT2D eigenvalue weighted by Gasteiger charge is 2.22. The lowest BCUT2D eigenvalue weighted by atomic mass is 10.1. The predicted molar refractivity (Wildman–Crippen MR) is 100 cm³/mol. The Morgan fingerprint density at radius 3 is 2.44 bits per heavy atom. The van der Waals surface area contributed by atoms with E-state index in [1.54, 1.807) is 0 Å². The summed E-state index contributed by atoms with van der Waals surface area (Å²) in [5.74, 6) is 0. The highest BCUT2D eigenvalue weighted by Crippen LogP contribution is 2.17. The van der Waals surface area contributed by atoms with Crippen molar-refractivity contribution in [2.24, 2.45) is 0 Å². The van der Waals surface area contributed by atoms with Crippen LogP contribution in [-0.2, 0) is 24.4 Å². The molecule has 0 saturated carbocycles. The summed E-state index contributed by atoms with van der Waals surface area (Å²) in [5, 5.41) is 10.9. The summed E-state index contributed by atoms with van der Waals surface area (Å²) in [6.45, 7) is 13.1. The lowest BCUT2D eigenvalue weighted by molar-refractivity contribution is -0.0705. The summed E-state index contributed by atoms with van der Waals surface area (Å²) in [4.78, 5) is 2.50. The average molecular weight is 342 g/mol. The maximum atomic E-state index is 5.85. The van der Waals surface area contributed by atoms with Gasteiger partial charge in [-0.1, -0.05) is 24.3 Å². The fourth-order valence-corrected chi connectivity index (χ4v) is 3.70. The van der Waals surface area contributed by atoms with Crippen molar-refractivity contribution in [3.05, 3.63) is 52.3 Å². The van der Waals surface area contributed by atoms with Gasteiger partial charge in [0.25, 0.3) is 0 Å². The van der Waals surface area contributed by atoms with E-state index in [9.17, 15) is 0 Å². The number of ether oxygens (including phenoxy) is 1. The number of rotatable bonds is 6. The van der Waals surface area contributed by atoms with E-state index < -0.39 is 0 Å². The van der Waals surface area contributed by atoms with Crippen molar-refractivity contribution in [1.82, 2.24) is 20.4 Å². The molecule has 3 rings (SSSR count). The number of hydrogen-bond donors (Lipinski definition) is 2. The molecule has 1 aliphatic heterocycles. The smallest absolute Gasteiger partial charge is 0.0678 e. The van der Waals surface area contributed by atoms with E-state index in [1.807, 2.05) is 0 Å². The molecule has 0 unspecified atom stereocenters. The summed E-state index contributed by atoms with van der Waals surface area (Å²) >= 11 is 0. The van der Waals surface area contributed by atoms with Crippen LogP contribution in [0.5, 0.6) is 0 Å². The van der Waals surface area contributed by atoms with Crippen LogP contribution in [0.2, 0.25) is 0 Å². The first-order chi connectivity index (χ1) is 12.0. The highest BCUT2D eigenvalue weighted by atomic mass is 16.5. The molecule has 1 aromatic heterocycles. The van der Waals surface area contributed by atoms with E-state index in [0.717, 1.165) is 44.1 Å². The number of morpholine rings is 1. The van der Waals surface area contributed by atoms with Gasteiger partial charge in [0.15, 0.2) is 0 Å². The molecule has 136 valence electrons. The van der Waals surface area contributed by atoms with Gasteiger partial charge in [0.2, 0.25) is 0 Å². The van der Waals surface area contributed by atoms with Gasteiger partial charge in [-0.3, -0.25) is 10.00 Å². The van der Waals surface area contributed by atoms with Crippen LogP contribution in [0.15, 0.2) is 24.3 Å². The van der Waals surface area contributed by atoms with Crippen LogP contribution in [-0.4, -0.2) is 40.4 Å². The molecule has 1 aliphatic rings. The fraction of sp³-hybridized carbons (Fsp3) is 0.550. The number of aromatic amines is 1. The van der Waals surface area contributed by atoms with Gasteiger partial charge in [-0.2, -0.15) is 5.10 Å². The second kappa shape index (κ2) is 8.13. The normalized spacial score (nSPS) is 21.6. The van der Waals surface area contributed by atoms with Crippen LogP contribution in [0.1, 0.15) is 41.9 Å². The first-order valence-electron chi connectivity index (χ1n) is 9.18. The Labute approximate surface area is 150 Å². The van der Waals surface area contributed by atoms with Crippen molar-refractivity contribution in [2.45, 2.75) is 59.5 Å². The molecule has 2 aromatic rings. The van der Waals surface area contributed by atoms with E-state index >= 15 is 0 Å². The number of H-pyrrole nitrogens is 1. The number of aryl methyl sites for hydroxylation is 2.